The van der Waals surface area contributed by atoms with Crippen molar-refractivity contribution in [1.82, 2.24) is 4.72 Å². The van der Waals surface area contributed by atoms with E-state index in [1.165, 1.54) is 0 Å². The van der Waals surface area contributed by atoms with Crippen LogP contribution in [0.15, 0.2) is 47.4 Å². The molecule has 0 radical (unpaired) electrons. The summed E-state index contributed by atoms with van der Waals surface area (Å²) in [5.41, 5.74) is 1.82. The predicted molar refractivity (Wildman–Crippen MR) is 101 cm³/mol. The Kier molecular flexibility index (Phi) is 6.71. The predicted octanol–water partition coefficient (Wildman–Crippen LogP) is 2.91. The Balaban J connectivity index is 1.97. The maximum absolute atomic E-state index is 12.0. The molecule has 25 heavy (non-hydrogen) atoms. The van der Waals surface area contributed by atoms with E-state index in [4.69, 9.17) is 22.8 Å². The standard InChI is InChI=1S/C18H19ClN2O3S/c1-3-11-21-25(22,23)16-7-4-14(5-8-16)10-12-20-17-13-15(19)6-9-18(17)24-2/h1,4-9,13,20-21H,10-12H2,2H3. The van der Waals surface area contributed by atoms with E-state index in [2.05, 4.69) is 16.0 Å². The van der Waals surface area contributed by atoms with Gasteiger partial charge in [-0.1, -0.05) is 29.7 Å². The van der Waals surface area contributed by atoms with Gasteiger partial charge in [-0.3, -0.25) is 0 Å². The topological polar surface area (TPSA) is 67.4 Å². The van der Waals surface area contributed by atoms with Crippen LogP contribution in [0.1, 0.15) is 5.56 Å². The normalized spacial score (nSPS) is 10.9. The molecular formula is C18H19ClN2O3S. The fraction of sp³-hybridized carbons (Fsp3) is 0.222. The maximum atomic E-state index is 12.0. The van der Waals surface area contributed by atoms with E-state index >= 15 is 0 Å². The summed E-state index contributed by atoms with van der Waals surface area (Å²) in [5, 5.41) is 3.89. The minimum absolute atomic E-state index is 0.0323. The summed E-state index contributed by atoms with van der Waals surface area (Å²) in [6.07, 6.45) is 5.79. The van der Waals surface area contributed by atoms with E-state index in [1.807, 2.05) is 0 Å². The number of nitrogens with one attached hydrogen (secondary N) is 2. The van der Waals surface area contributed by atoms with Gasteiger partial charge >= 0.3 is 0 Å². The average Bonchev–Trinajstić information content (AvgIpc) is 2.61. The first-order chi connectivity index (χ1) is 12.0. The van der Waals surface area contributed by atoms with Crippen molar-refractivity contribution in [1.29, 1.82) is 0 Å². The van der Waals surface area contributed by atoms with Gasteiger partial charge in [0.1, 0.15) is 5.75 Å². The summed E-state index contributed by atoms with van der Waals surface area (Å²) >= 11 is 6.00. The van der Waals surface area contributed by atoms with Crippen LogP contribution in [0.2, 0.25) is 5.02 Å². The lowest BCUT2D eigenvalue weighted by Crippen LogP contribution is -2.23. The van der Waals surface area contributed by atoms with Crippen LogP contribution in [0.25, 0.3) is 0 Å². The largest absolute Gasteiger partial charge is 0.495 e. The van der Waals surface area contributed by atoms with E-state index in [9.17, 15) is 8.42 Å². The molecule has 0 aliphatic rings. The van der Waals surface area contributed by atoms with Gasteiger partial charge in [-0.2, -0.15) is 4.72 Å². The molecule has 0 unspecified atom stereocenters. The molecule has 0 saturated heterocycles. The van der Waals surface area contributed by atoms with Crippen molar-refractivity contribution in [3.8, 4) is 18.1 Å². The molecule has 7 heteroatoms. The van der Waals surface area contributed by atoms with Gasteiger partial charge < -0.3 is 10.1 Å². The molecule has 0 atom stereocenters. The molecule has 0 heterocycles. The van der Waals surface area contributed by atoms with Gasteiger partial charge in [-0.05, 0) is 42.3 Å². The van der Waals surface area contributed by atoms with E-state index < -0.39 is 10.0 Å². The van der Waals surface area contributed by atoms with E-state index in [0.717, 1.165) is 11.3 Å². The van der Waals surface area contributed by atoms with E-state index in [-0.39, 0.29) is 11.4 Å². The third-order valence-corrected chi connectivity index (χ3v) is 5.14. The zero-order valence-corrected chi connectivity index (χ0v) is 15.3. The molecular weight excluding hydrogens is 360 g/mol. The number of terminal acetylenes is 1. The van der Waals surface area contributed by atoms with Crippen molar-refractivity contribution in [3.05, 3.63) is 53.1 Å². The summed E-state index contributed by atoms with van der Waals surface area (Å²) in [6, 6.07) is 12.0. The third kappa shape index (κ3) is 5.40. The summed E-state index contributed by atoms with van der Waals surface area (Å²) in [6.45, 7) is 0.619. The molecule has 0 fully saturated rings. The molecule has 0 bridgehead atoms. The van der Waals surface area contributed by atoms with Crippen LogP contribution in [0.5, 0.6) is 5.75 Å². The molecule has 132 valence electrons. The minimum Gasteiger partial charge on any atom is -0.495 e. The van der Waals surface area contributed by atoms with Crippen molar-refractivity contribution >= 4 is 27.3 Å². The lowest BCUT2D eigenvalue weighted by molar-refractivity contribution is 0.416. The molecule has 2 N–H and O–H groups in total. The number of benzene rings is 2. The van der Waals surface area contributed by atoms with E-state index in [0.29, 0.717) is 23.7 Å². The highest BCUT2D eigenvalue weighted by Crippen LogP contribution is 2.27. The van der Waals surface area contributed by atoms with Crippen molar-refractivity contribution < 1.29 is 13.2 Å². The van der Waals surface area contributed by atoms with E-state index in [1.54, 1.807) is 49.6 Å². The Bertz CT molecular complexity index is 859. The summed E-state index contributed by atoms with van der Waals surface area (Å²) in [5.74, 6) is 2.96. The Hall–Kier alpha value is -2.20. The first kappa shape index (κ1) is 19.1. The SMILES string of the molecule is C#CCNS(=O)(=O)c1ccc(CCNc2cc(Cl)ccc2OC)cc1. The van der Waals surface area contributed by atoms with Gasteiger partial charge in [0.25, 0.3) is 0 Å². The molecule has 0 amide bonds. The monoisotopic (exact) mass is 378 g/mol. The quantitative estimate of drug-likeness (QED) is 0.693. The number of halogens is 1. The Morgan fingerprint density at radius 1 is 1.20 bits per heavy atom. The van der Waals surface area contributed by atoms with Gasteiger partial charge in [-0.15, -0.1) is 6.42 Å². The third-order valence-electron chi connectivity index (χ3n) is 3.49. The van der Waals surface area contributed by atoms with Crippen LogP contribution in [0, 0.1) is 12.3 Å². The van der Waals surface area contributed by atoms with Crippen molar-refractivity contribution in [2.24, 2.45) is 0 Å². The van der Waals surface area contributed by atoms with Crippen LogP contribution >= 0.6 is 11.6 Å². The van der Waals surface area contributed by atoms with Gasteiger partial charge in [-0.25, -0.2) is 8.42 Å². The molecule has 2 aromatic rings. The number of hydrogen-bond acceptors (Lipinski definition) is 4. The smallest absolute Gasteiger partial charge is 0.241 e. The lowest BCUT2D eigenvalue weighted by atomic mass is 10.1. The highest BCUT2D eigenvalue weighted by Gasteiger charge is 2.12. The van der Waals surface area contributed by atoms with Crippen LogP contribution in [0.4, 0.5) is 5.69 Å². The maximum Gasteiger partial charge on any atom is 0.241 e. The van der Waals surface area contributed by atoms with Crippen molar-refractivity contribution in [3.63, 3.8) is 0 Å². The average molecular weight is 379 g/mol. The number of hydrogen-bond donors (Lipinski definition) is 2. The Labute approximate surface area is 153 Å². The second kappa shape index (κ2) is 8.77. The van der Waals surface area contributed by atoms with Crippen molar-refractivity contribution in [2.75, 3.05) is 25.5 Å². The minimum atomic E-state index is -3.56. The summed E-state index contributed by atoms with van der Waals surface area (Å²) < 4.78 is 31.5. The fourth-order valence-electron chi connectivity index (χ4n) is 2.22. The Morgan fingerprint density at radius 3 is 2.56 bits per heavy atom. The lowest BCUT2D eigenvalue weighted by Gasteiger charge is -2.12. The summed E-state index contributed by atoms with van der Waals surface area (Å²) in [4.78, 5) is 0.191. The van der Waals surface area contributed by atoms with Gasteiger partial charge in [0.15, 0.2) is 0 Å². The fourth-order valence-corrected chi connectivity index (χ4v) is 3.32. The molecule has 5 nitrogen and oxygen atoms in total. The molecule has 2 rings (SSSR count). The zero-order valence-electron chi connectivity index (χ0n) is 13.8. The van der Waals surface area contributed by atoms with Crippen LogP contribution in [0.3, 0.4) is 0 Å². The highest BCUT2D eigenvalue weighted by molar-refractivity contribution is 7.89. The highest BCUT2D eigenvalue weighted by atomic mass is 35.5. The number of sulfonamides is 1. The second-order valence-corrected chi connectivity index (χ2v) is 7.40. The number of anilines is 1. The Morgan fingerprint density at radius 2 is 1.92 bits per heavy atom. The van der Waals surface area contributed by atoms with Gasteiger partial charge in [0.2, 0.25) is 10.0 Å². The van der Waals surface area contributed by atoms with Gasteiger partial charge in [0, 0.05) is 11.6 Å². The van der Waals surface area contributed by atoms with Crippen LogP contribution in [-0.4, -0.2) is 28.6 Å². The molecule has 0 aliphatic heterocycles. The molecule has 0 aromatic heterocycles. The number of ether oxygens (including phenoxy) is 1. The molecule has 0 spiro atoms. The molecule has 2 aromatic carbocycles. The number of rotatable bonds is 8. The van der Waals surface area contributed by atoms with Crippen LogP contribution in [-0.2, 0) is 16.4 Å². The zero-order chi connectivity index (χ0) is 18.3. The molecule has 0 saturated carbocycles. The summed E-state index contributed by atoms with van der Waals surface area (Å²) in [7, 11) is -1.96. The first-order valence-corrected chi connectivity index (χ1v) is 9.42. The van der Waals surface area contributed by atoms with Crippen molar-refractivity contribution in [2.45, 2.75) is 11.3 Å². The van der Waals surface area contributed by atoms with Gasteiger partial charge in [0.05, 0.1) is 24.2 Å². The number of methoxy groups -OCH3 is 1. The van der Waals surface area contributed by atoms with Crippen LogP contribution < -0.4 is 14.8 Å². The molecule has 0 aliphatic carbocycles. The second-order valence-electron chi connectivity index (χ2n) is 5.19. The first-order valence-electron chi connectivity index (χ1n) is 7.56.